The number of nitrogens with one attached hydrogen (secondary N) is 1. The molecule has 1 aliphatic carbocycles. The highest BCUT2D eigenvalue weighted by atomic mass is 16.2. The lowest BCUT2D eigenvalue weighted by molar-refractivity contribution is -0.120. The quantitative estimate of drug-likeness (QED) is 0.782. The fraction of sp³-hybridized carbons (Fsp3) is 0.412. The second-order valence-electron chi connectivity index (χ2n) is 6.61. The summed E-state index contributed by atoms with van der Waals surface area (Å²) >= 11 is 0. The molecule has 0 saturated carbocycles. The zero-order chi connectivity index (χ0) is 19.0. The summed E-state index contributed by atoms with van der Waals surface area (Å²) in [6.45, 7) is -0.0579. The molecule has 0 spiro atoms. The molecule has 1 unspecified atom stereocenters. The first-order chi connectivity index (χ1) is 12.3. The number of aryl methyl sites for hydroxylation is 1. The molecule has 2 aromatic rings. The summed E-state index contributed by atoms with van der Waals surface area (Å²) in [5.41, 5.74) is 0.389. The summed E-state index contributed by atoms with van der Waals surface area (Å²) < 4.78 is 3.77. The molecule has 3 rings (SSSR count). The maximum atomic E-state index is 12.4. The maximum Gasteiger partial charge on any atom is 0.332 e. The summed E-state index contributed by atoms with van der Waals surface area (Å²) in [5.74, 6) is -0.251. The third-order valence-corrected chi connectivity index (χ3v) is 4.55. The van der Waals surface area contributed by atoms with Crippen LogP contribution in [-0.4, -0.2) is 49.6 Å². The van der Waals surface area contributed by atoms with Gasteiger partial charge in [0.1, 0.15) is 6.54 Å². The predicted molar refractivity (Wildman–Crippen MR) is 97.7 cm³/mol. The third-order valence-electron chi connectivity index (χ3n) is 4.55. The molecule has 0 radical (unpaired) electrons. The van der Waals surface area contributed by atoms with E-state index in [1.54, 1.807) is 7.05 Å². The zero-order valence-corrected chi connectivity index (χ0v) is 15.3. The van der Waals surface area contributed by atoms with E-state index in [0.29, 0.717) is 6.42 Å². The Labute approximate surface area is 149 Å². The van der Waals surface area contributed by atoms with E-state index in [2.05, 4.69) is 21.3 Å². The number of hydrogen-bond acceptors (Lipinski definition) is 5. The standard InChI is InChI=1S/C17H22N6O3/c1-20(2)12-7-5-6-11(8-12)19-13(24)9-23-10-18-15-14(23)16(25)22(4)17(26)21(15)3/h5-7,10,12H,8-9H2,1-4H3,(H,19,24). The minimum Gasteiger partial charge on any atom is -0.328 e. The first-order valence-corrected chi connectivity index (χ1v) is 8.24. The molecule has 9 heteroatoms. The normalized spacial score (nSPS) is 17.0. The van der Waals surface area contributed by atoms with Gasteiger partial charge in [-0.2, -0.15) is 0 Å². The van der Waals surface area contributed by atoms with Gasteiger partial charge < -0.3 is 14.8 Å². The van der Waals surface area contributed by atoms with Crippen LogP contribution in [0.3, 0.4) is 0 Å². The molecule has 9 nitrogen and oxygen atoms in total. The Hall–Kier alpha value is -2.94. The van der Waals surface area contributed by atoms with E-state index in [4.69, 9.17) is 0 Å². The highest BCUT2D eigenvalue weighted by molar-refractivity contribution is 5.80. The van der Waals surface area contributed by atoms with Crippen molar-refractivity contribution in [2.24, 2.45) is 14.1 Å². The molecule has 0 aromatic carbocycles. The Bertz CT molecular complexity index is 1040. The van der Waals surface area contributed by atoms with Crippen LogP contribution in [0.5, 0.6) is 0 Å². The monoisotopic (exact) mass is 358 g/mol. The molecule has 0 aliphatic heterocycles. The number of carbonyl (C=O) groups excluding carboxylic acids is 1. The summed E-state index contributed by atoms with van der Waals surface area (Å²) in [5, 5.41) is 2.89. The van der Waals surface area contributed by atoms with Crippen LogP contribution >= 0.6 is 0 Å². The fourth-order valence-electron chi connectivity index (χ4n) is 3.00. The van der Waals surface area contributed by atoms with Crippen molar-refractivity contribution in [2.45, 2.75) is 19.0 Å². The van der Waals surface area contributed by atoms with Crippen LogP contribution in [0.15, 0.2) is 39.8 Å². The average molecular weight is 358 g/mol. The van der Waals surface area contributed by atoms with Gasteiger partial charge in [0, 0.05) is 32.3 Å². The summed E-state index contributed by atoms with van der Waals surface area (Å²) in [4.78, 5) is 43.0. The van der Waals surface area contributed by atoms with Crippen LogP contribution < -0.4 is 16.6 Å². The van der Waals surface area contributed by atoms with Gasteiger partial charge in [0.2, 0.25) is 5.91 Å². The Morgan fingerprint density at radius 3 is 2.73 bits per heavy atom. The number of fused-ring (bicyclic) bond motifs is 1. The number of rotatable bonds is 4. The van der Waals surface area contributed by atoms with Crippen molar-refractivity contribution in [1.82, 2.24) is 28.9 Å². The average Bonchev–Trinajstić information content (AvgIpc) is 3.01. The van der Waals surface area contributed by atoms with Crippen LogP contribution in [0.4, 0.5) is 0 Å². The highest BCUT2D eigenvalue weighted by Crippen LogP contribution is 2.14. The van der Waals surface area contributed by atoms with Crippen molar-refractivity contribution < 1.29 is 4.79 Å². The van der Waals surface area contributed by atoms with Gasteiger partial charge in [-0.15, -0.1) is 0 Å². The first kappa shape index (κ1) is 17.9. The third kappa shape index (κ3) is 3.13. The second kappa shape index (κ2) is 6.75. The number of likely N-dealkylation sites (N-methyl/N-ethyl adjacent to an activating group) is 1. The number of nitrogens with zero attached hydrogens (tertiary/aromatic N) is 5. The van der Waals surface area contributed by atoms with Gasteiger partial charge in [0.25, 0.3) is 5.56 Å². The minimum absolute atomic E-state index is 0.0579. The SMILES string of the molecule is CN(C)C1C=CC=C(NC(=O)Cn2cnc3c2c(=O)n(C)c(=O)n3C)C1. The number of allylic oxidation sites excluding steroid dienone is 2. The van der Waals surface area contributed by atoms with E-state index in [-0.39, 0.29) is 29.7 Å². The van der Waals surface area contributed by atoms with Gasteiger partial charge >= 0.3 is 5.69 Å². The molecule has 0 bridgehead atoms. The van der Waals surface area contributed by atoms with Crippen molar-refractivity contribution in [3.63, 3.8) is 0 Å². The largest absolute Gasteiger partial charge is 0.332 e. The molecule has 1 aliphatic rings. The molecule has 26 heavy (non-hydrogen) atoms. The lowest BCUT2D eigenvalue weighted by atomic mass is 10.1. The topological polar surface area (TPSA) is 94.2 Å². The molecule has 2 aromatic heterocycles. The highest BCUT2D eigenvalue weighted by Gasteiger charge is 2.18. The molecular weight excluding hydrogens is 336 g/mol. The van der Waals surface area contributed by atoms with Crippen LogP contribution in [0.1, 0.15) is 6.42 Å². The molecule has 0 fully saturated rings. The van der Waals surface area contributed by atoms with Crippen molar-refractivity contribution in [1.29, 1.82) is 0 Å². The van der Waals surface area contributed by atoms with Gasteiger partial charge in [-0.3, -0.25) is 18.7 Å². The number of carbonyl (C=O) groups is 1. The summed E-state index contributed by atoms with van der Waals surface area (Å²) in [6, 6.07) is 0.228. The lowest BCUT2D eigenvalue weighted by Crippen LogP contribution is -2.38. The predicted octanol–water partition coefficient (Wildman–Crippen LogP) is -0.676. The first-order valence-electron chi connectivity index (χ1n) is 8.24. The van der Waals surface area contributed by atoms with E-state index in [1.807, 2.05) is 26.2 Å². The molecule has 1 amide bonds. The van der Waals surface area contributed by atoms with Crippen molar-refractivity contribution in [3.05, 3.63) is 51.1 Å². The van der Waals surface area contributed by atoms with Gasteiger partial charge in [0.05, 0.1) is 6.33 Å². The van der Waals surface area contributed by atoms with E-state index < -0.39 is 11.2 Å². The number of amides is 1. The Balaban J connectivity index is 1.83. The van der Waals surface area contributed by atoms with Crippen molar-refractivity contribution in [2.75, 3.05) is 14.1 Å². The lowest BCUT2D eigenvalue weighted by Gasteiger charge is -2.24. The summed E-state index contributed by atoms with van der Waals surface area (Å²) in [6.07, 6.45) is 7.97. The van der Waals surface area contributed by atoms with Gasteiger partial charge in [0.15, 0.2) is 11.2 Å². The van der Waals surface area contributed by atoms with E-state index in [9.17, 15) is 14.4 Å². The van der Waals surface area contributed by atoms with E-state index in [1.165, 1.54) is 22.5 Å². The molecular formula is C17H22N6O3. The smallest absolute Gasteiger partial charge is 0.328 e. The molecule has 0 saturated heterocycles. The second-order valence-corrected chi connectivity index (χ2v) is 6.61. The van der Waals surface area contributed by atoms with Gasteiger partial charge in [-0.05, 0) is 20.2 Å². The van der Waals surface area contributed by atoms with Crippen LogP contribution in [0.25, 0.3) is 11.2 Å². The van der Waals surface area contributed by atoms with E-state index >= 15 is 0 Å². The minimum atomic E-state index is -0.471. The van der Waals surface area contributed by atoms with Crippen LogP contribution in [-0.2, 0) is 25.4 Å². The fourth-order valence-corrected chi connectivity index (χ4v) is 3.00. The Kier molecular flexibility index (Phi) is 4.64. The molecule has 1 N–H and O–H groups in total. The summed E-state index contributed by atoms with van der Waals surface area (Å²) in [7, 11) is 6.92. The molecule has 1 atom stereocenters. The maximum absolute atomic E-state index is 12.4. The van der Waals surface area contributed by atoms with Crippen LogP contribution in [0.2, 0.25) is 0 Å². The Morgan fingerprint density at radius 1 is 1.31 bits per heavy atom. The number of aromatic nitrogens is 4. The van der Waals surface area contributed by atoms with E-state index in [0.717, 1.165) is 10.3 Å². The zero-order valence-electron chi connectivity index (χ0n) is 15.3. The Morgan fingerprint density at radius 2 is 2.04 bits per heavy atom. The molecule has 2 heterocycles. The number of hydrogen-bond donors (Lipinski definition) is 1. The number of imidazole rings is 1. The van der Waals surface area contributed by atoms with Crippen molar-refractivity contribution in [3.8, 4) is 0 Å². The van der Waals surface area contributed by atoms with Gasteiger partial charge in [-0.1, -0.05) is 12.2 Å². The van der Waals surface area contributed by atoms with Crippen molar-refractivity contribution >= 4 is 17.1 Å². The van der Waals surface area contributed by atoms with Gasteiger partial charge in [-0.25, -0.2) is 9.78 Å². The molecule has 138 valence electrons. The van der Waals surface area contributed by atoms with Crippen LogP contribution in [0, 0.1) is 0 Å².